The van der Waals surface area contributed by atoms with Gasteiger partial charge < -0.3 is 0 Å². The zero-order valence-corrected chi connectivity index (χ0v) is 18.8. The van der Waals surface area contributed by atoms with E-state index in [9.17, 15) is 0 Å². The summed E-state index contributed by atoms with van der Waals surface area (Å²) in [4.78, 5) is 20.0. The van der Waals surface area contributed by atoms with Crippen molar-refractivity contribution >= 4 is 42.7 Å². The topological polar surface area (TPSA) is 56.5 Å². The van der Waals surface area contributed by atoms with E-state index in [2.05, 4.69) is 57.0 Å². The average Bonchev–Trinajstić information content (AvgIpc) is 3.44. The van der Waals surface area contributed by atoms with E-state index >= 15 is 0 Å². The first kappa shape index (κ1) is 19.1. The Morgan fingerprint density at radius 2 is 1.24 bits per heavy atom. The third kappa shape index (κ3) is 2.93. The van der Waals surface area contributed by atoms with Crippen LogP contribution in [-0.4, -0.2) is 24.5 Å². The summed E-state index contributed by atoms with van der Waals surface area (Å²) in [6.45, 7) is 0. The van der Waals surface area contributed by atoms with Crippen molar-refractivity contribution < 1.29 is 0 Å². The Morgan fingerprint density at radius 1 is 0.588 bits per heavy atom. The molecule has 0 bridgehead atoms. The summed E-state index contributed by atoms with van der Waals surface area (Å²) < 4.78 is 3.51. The number of aromatic nitrogens is 5. The smallest absolute Gasteiger partial charge is 0.146 e. The van der Waals surface area contributed by atoms with E-state index in [-0.39, 0.29) is 0 Å². The molecule has 160 valence electrons. The molecule has 0 unspecified atom stereocenters. The Hall–Kier alpha value is -4.42. The number of hydrogen-bond donors (Lipinski definition) is 0. The predicted molar refractivity (Wildman–Crippen MR) is 138 cm³/mol. The van der Waals surface area contributed by atoms with Crippen molar-refractivity contribution in [1.82, 2.24) is 24.5 Å². The Balaban J connectivity index is 1.59. The molecule has 7 aromatic rings. The van der Waals surface area contributed by atoms with Gasteiger partial charge in [-0.1, -0.05) is 30.3 Å². The van der Waals surface area contributed by atoms with Crippen LogP contribution in [0.25, 0.3) is 59.8 Å². The van der Waals surface area contributed by atoms with E-state index in [4.69, 9.17) is 9.97 Å². The number of fused-ring (bicyclic) bond motifs is 5. The van der Waals surface area contributed by atoms with Crippen LogP contribution in [-0.2, 0) is 0 Å². The quantitative estimate of drug-likeness (QED) is 0.290. The lowest BCUT2D eigenvalue weighted by molar-refractivity contribution is 1.12. The predicted octanol–water partition coefficient (Wildman–Crippen LogP) is 6.91. The molecule has 0 aliphatic carbocycles. The second-order valence-electron chi connectivity index (χ2n) is 8.01. The maximum atomic E-state index is 4.93. The summed E-state index contributed by atoms with van der Waals surface area (Å²) >= 11 is 1.78. The Kier molecular flexibility index (Phi) is 4.25. The van der Waals surface area contributed by atoms with E-state index in [1.54, 1.807) is 23.7 Å². The lowest BCUT2D eigenvalue weighted by Gasteiger charge is -2.11. The van der Waals surface area contributed by atoms with E-state index < -0.39 is 0 Å². The van der Waals surface area contributed by atoms with Crippen molar-refractivity contribution in [2.45, 2.75) is 0 Å². The van der Waals surface area contributed by atoms with Gasteiger partial charge in [-0.15, -0.1) is 11.3 Å². The standard InChI is InChI=1S/C28H17N5S/c1-2-12-25-19(8-1)26-20-9-7-15-31-27(20)33(28(26)34-25)18-16-23(21-10-3-5-13-29-21)32-24(17-18)22-11-4-6-14-30-22/h1-17H. The second kappa shape index (κ2) is 7.57. The lowest BCUT2D eigenvalue weighted by Crippen LogP contribution is -1.99. The Bertz CT molecular complexity index is 1750. The molecule has 0 N–H and O–H groups in total. The van der Waals surface area contributed by atoms with Gasteiger partial charge >= 0.3 is 0 Å². The largest absolute Gasteiger partial charge is 0.285 e. The maximum Gasteiger partial charge on any atom is 0.146 e. The van der Waals surface area contributed by atoms with Gasteiger partial charge in [-0.25, -0.2) is 9.97 Å². The summed E-state index contributed by atoms with van der Waals surface area (Å²) in [6, 6.07) is 28.6. The van der Waals surface area contributed by atoms with Crippen molar-refractivity contribution in [1.29, 1.82) is 0 Å². The normalized spacial score (nSPS) is 11.5. The van der Waals surface area contributed by atoms with Gasteiger partial charge in [-0.2, -0.15) is 0 Å². The third-order valence-corrected chi connectivity index (χ3v) is 7.13. The number of thiophene rings is 1. The van der Waals surface area contributed by atoms with Crippen molar-refractivity contribution in [3.63, 3.8) is 0 Å². The van der Waals surface area contributed by atoms with Crippen molar-refractivity contribution in [2.75, 3.05) is 0 Å². The molecule has 0 fully saturated rings. The summed E-state index contributed by atoms with van der Waals surface area (Å²) in [5.41, 5.74) is 5.15. The third-order valence-electron chi connectivity index (χ3n) is 5.97. The molecule has 0 amide bonds. The summed E-state index contributed by atoms with van der Waals surface area (Å²) in [5.74, 6) is 0. The van der Waals surface area contributed by atoms with Crippen LogP contribution in [0.4, 0.5) is 0 Å². The number of hydrogen-bond acceptors (Lipinski definition) is 5. The average molecular weight is 456 g/mol. The minimum Gasteiger partial charge on any atom is -0.285 e. The van der Waals surface area contributed by atoms with Crippen LogP contribution >= 0.6 is 11.3 Å². The highest BCUT2D eigenvalue weighted by Crippen LogP contribution is 2.42. The molecule has 5 nitrogen and oxygen atoms in total. The zero-order valence-electron chi connectivity index (χ0n) is 18.0. The van der Waals surface area contributed by atoms with Crippen molar-refractivity contribution in [3.05, 3.63) is 104 Å². The van der Waals surface area contributed by atoms with Gasteiger partial charge in [0, 0.05) is 39.4 Å². The van der Waals surface area contributed by atoms with Gasteiger partial charge in [-0.05, 0) is 54.6 Å². The first-order chi connectivity index (χ1) is 16.9. The number of pyridine rings is 4. The number of rotatable bonds is 3. The zero-order chi connectivity index (χ0) is 22.5. The SMILES string of the molecule is c1ccc(-c2cc(-n3c4ncccc4c4c5ccccc5sc43)cc(-c3ccccn3)n2)nc1. The van der Waals surface area contributed by atoms with Crippen LogP contribution in [0.1, 0.15) is 0 Å². The number of benzene rings is 1. The first-order valence-corrected chi connectivity index (χ1v) is 11.8. The van der Waals surface area contributed by atoms with Gasteiger partial charge in [0.25, 0.3) is 0 Å². The summed E-state index contributed by atoms with van der Waals surface area (Å²) in [5, 5.41) is 3.63. The van der Waals surface area contributed by atoms with Gasteiger partial charge in [-0.3, -0.25) is 14.5 Å². The lowest BCUT2D eigenvalue weighted by atomic mass is 10.1. The van der Waals surface area contributed by atoms with Crippen molar-refractivity contribution in [2.24, 2.45) is 0 Å². The summed E-state index contributed by atoms with van der Waals surface area (Å²) in [6.07, 6.45) is 5.44. The molecule has 0 saturated heterocycles. The van der Waals surface area contributed by atoms with Gasteiger partial charge in [0.2, 0.25) is 0 Å². The molecule has 0 radical (unpaired) electrons. The van der Waals surface area contributed by atoms with Gasteiger partial charge in [0.05, 0.1) is 28.5 Å². The molecule has 6 heterocycles. The molecule has 6 heteroatoms. The Labute approximate surface area is 199 Å². The molecular weight excluding hydrogens is 438 g/mol. The van der Waals surface area contributed by atoms with Gasteiger partial charge in [0.1, 0.15) is 10.5 Å². The fraction of sp³-hybridized carbons (Fsp3) is 0. The molecule has 0 atom stereocenters. The van der Waals surface area contributed by atoms with Crippen LogP contribution in [0, 0.1) is 0 Å². The monoisotopic (exact) mass is 455 g/mol. The molecule has 6 aromatic heterocycles. The second-order valence-corrected chi connectivity index (χ2v) is 9.04. The minimum atomic E-state index is 0.797. The molecule has 0 aliphatic heterocycles. The van der Waals surface area contributed by atoms with Crippen molar-refractivity contribution in [3.8, 4) is 28.5 Å². The van der Waals surface area contributed by atoms with E-state index in [0.29, 0.717) is 0 Å². The number of nitrogens with zero attached hydrogens (tertiary/aromatic N) is 5. The molecule has 0 spiro atoms. The highest BCUT2D eigenvalue weighted by molar-refractivity contribution is 7.25. The molecule has 1 aromatic carbocycles. The highest BCUT2D eigenvalue weighted by Gasteiger charge is 2.20. The first-order valence-electron chi connectivity index (χ1n) is 11.0. The van der Waals surface area contributed by atoms with Crippen LogP contribution in [0.3, 0.4) is 0 Å². The highest BCUT2D eigenvalue weighted by atomic mass is 32.1. The summed E-state index contributed by atoms with van der Waals surface area (Å²) in [7, 11) is 0. The van der Waals surface area contributed by atoms with E-state index in [1.165, 1.54) is 20.3 Å². The van der Waals surface area contributed by atoms with Crippen LogP contribution in [0.5, 0.6) is 0 Å². The fourth-order valence-electron chi connectivity index (χ4n) is 4.49. The molecule has 7 rings (SSSR count). The molecule has 0 aliphatic rings. The minimum absolute atomic E-state index is 0.797. The molecule has 34 heavy (non-hydrogen) atoms. The van der Waals surface area contributed by atoms with E-state index in [1.807, 2.05) is 48.7 Å². The van der Waals surface area contributed by atoms with Crippen LogP contribution in [0.2, 0.25) is 0 Å². The van der Waals surface area contributed by atoms with E-state index in [0.717, 1.165) is 39.5 Å². The Morgan fingerprint density at radius 3 is 1.94 bits per heavy atom. The fourth-order valence-corrected chi connectivity index (χ4v) is 5.73. The maximum absolute atomic E-state index is 4.93. The molecule has 0 saturated carbocycles. The van der Waals surface area contributed by atoms with Crippen LogP contribution < -0.4 is 0 Å². The molecular formula is C28H17N5S. The van der Waals surface area contributed by atoms with Gasteiger partial charge in [0.15, 0.2) is 0 Å². The van der Waals surface area contributed by atoms with Crippen LogP contribution in [0.15, 0.2) is 104 Å².